The van der Waals surface area contributed by atoms with E-state index in [1.807, 2.05) is 39.0 Å². The Bertz CT molecular complexity index is 375. The predicted octanol–water partition coefficient (Wildman–Crippen LogP) is 3.13. The fourth-order valence-electron chi connectivity index (χ4n) is 1.90. The van der Waals surface area contributed by atoms with Gasteiger partial charge in [0.25, 0.3) is 0 Å². The molecule has 86 valence electrons. The van der Waals surface area contributed by atoms with Crippen LogP contribution in [0.1, 0.15) is 38.7 Å². The zero-order chi connectivity index (χ0) is 11.8. The van der Waals surface area contributed by atoms with Crippen LogP contribution in [0.5, 0.6) is 0 Å². The lowest BCUT2D eigenvalue weighted by Gasteiger charge is -2.19. The van der Waals surface area contributed by atoms with E-state index < -0.39 is 0 Å². The summed E-state index contributed by atoms with van der Waals surface area (Å²) in [6.07, 6.45) is 0.929. The summed E-state index contributed by atoms with van der Waals surface area (Å²) in [4.78, 5) is 11.8. The second-order valence-electron chi connectivity index (χ2n) is 5.39. The average molecular weight is 218 g/mol. The van der Waals surface area contributed by atoms with Gasteiger partial charge in [0.1, 0.15) is 5.60 Å². The molecule has 1 fully saturated rings. The first kappa shape index (κ1) is 11.2. The molecule has 1 aliphatic carbocycles. The lowest BCUT2D eigenvalue weighted by molar-refractivity contribution is -0.156. The molecule has 16 heavy (non-hydrogen) atoms. The molecule has 1 aliphatic rings. The van der Waals surface area contributed by atoms with E-state index in [1.165, 1.54) is 5.56 Å². The minimum Gasteiger partial charge on any atom is -0.460 e. The Kier molecular flexibility index (Phi) is 2.75. The van der Waals surface area contributed by atoms with Gasteiger partial charge in [-0.2, -0.15) is 0 Å². The van der Waals surface area contributed by atoms with Gasteiger partial charge < -0.3 is 4.74 Å². The third kappa shape index (κ3) is 2.63. The van der Waals surface area contributed by atoms with Crippen molar-refractivity contribution in [3.8, 4) is 0 Å². The van der Waals surface area contributed by atoms with Crippen LogP contribution in [0, 0.1) is 5.92 Å². The second kappa shape index (κ2) is 3.93. The maximum absolute atomic E-state index is 11.8. The standard InChI is InChI=1S/C14H18O2/c1-14(2,3)16-13(15)12-9-11(12)10-7-5-4-6-8-10/h4-8,11-12H,9H2,1-3H3/t11?,12-/m0/s1. The van der Waals surface area contributed by atoms with Gasteiger partial charge in [-0.1, -0.05) is 30.3 Å². The SMILES string of the molecule is CC(C)(C)OC(=O)[C@H]1CC1c1ccccc1. The van der Waals surface area contributed by atoms with E-state index in [0.717, 1.165) is 6.42 Å². The number of rotatable bonds is 2. The molecular formula is C14H18O2. The molecule has 2 nitrogen and oxygen atoms in total. The molecule has 0 heterocycles. The smallest absolute Gasteiger partial charge is 0.310 e. The zero-order valence-electron chi connectivity index (χ0n) is 10.1. The molecule has 2 heteroatoms. The van der Waals surface area contributed by atoms with Crippen LogP contribution in [-0.2, 0) is 9.53 Å². The highest BCUT2D eigenvalue weighted by Crippen LogP contribution is 2.48. The van der Waals surface area contributed by atoms with Gasteiger partial charge in [0.15, 0.2) is 0 Å². The lowest BCUT2D eigenvalue weighted by Crippen LogP contribution is -2.25. The Balaban J connectivity index is 1.95. The molecule has 1 aromatic carbocycles. The summed E-state index contributed by atoms with van der Waals surface area (Å²) < 4.78 is 5.37. The molecule has 0 spiro atoms. The summed E-state index contributed by atoms with van der Waals surface area (Å²) in [6, 6.07) is 10.2. The van der Waals surface area contributed by atoms with Crippen LogP contribution in [0.2, 0.25) is 0 Å². The van der Waals surface area contributed by atoms with Crippen molar-refractivity contribution in [2.75, 3.05) is 0 Å². The van der Waals surface area contributed by atoms with Crippen LogP contribution in [0.15, 0.2) is 30.3 Å². The van der Waals surface area contributed by atoms with Crippen molar-refractivity contribution in [1.29, 1.82) is 0 Å². The number of benzene rings is 1. The molecule has 1 unspecified atom stereocenters. The van der Waals surface area contributed by atoms with Crippen LogP contribution < -0.4 is 0 Å². The van der Waals surface area contributed by atoms with E-state index in [0.29, 0.717) is 5.92 Å². The highest BCUT2D eigenvalue weighted by Gasteiger charge is 2.46. The van der Waals surface area contributed by atoms with Gasteiger partial charge in [0.05, 0.1) is 5.92 Å². The Morgan fingerprint density at radius 2 is 1.88 bits per heavy atom. The van der Waals surface area contributed by atoms with Gasteiger partial charge in [-0.3, -0.25) is 4.79 Å². The second-order valence-corrected chi connectivity index (χ2v) is 5.39. The van der Waals surface area contributed by atoms with E-state index in [4.69, 9.17) is 4.74 Å². The van der Waals surface area contributed by atoms with Gasteiger partial charge in [-0.15, -0.1) is 0 Å². The molecule has 0 radical (unpaired) electrons. The van der Waals surface area contributed by atoms with E-state index in [-0.39, 0.29) is 17.5 Å². The monoisotopic (exact) mass is 218 g/mol. The fourth-order valence-corrected chi connectivity index (χ4v) is 1.90. The van der Waals surface area contributed by atoms with Gasteiger partial charge in [-0.05, 0) is 38.7 Å². The van der Waals surface area contributed by atoms with Gasteiger partial charge in [-0.25, -0.2) is 0 Å². The summed E-state index contributed by atoms with van der Waals surface area (Å²) in [5.41, 5.74) is 0.874. The van der Waals surface area contributed by atoms with Crippen molar-refractivity contribution in [3.05, 3.63) is 35.9 Å². The van der Waals surface area contributed by atoms with Gasteiger partial charge in [0.2, 0.25) is 0 Å². The molecule has 0 aromatic heterocycles. The van der Waals surface area contributed by atoms with Gasteiger partial charge >= 0.3 is 5.97 Å². The first-order valence-corrected chi connectivity index (χ1v) is 5.75. The van der Waals surface area contributed by atoms with Crippen molar-refractivity contribution in [2.24, 2.45) is 5.92 Å². The number of carbonyl (C=O) groups is 1. The third-order valence-corrected chi connectivity index (χ3v) is 2.73. The van der Waals surface area contributed by atoms with Crippen LogP contribution in [0.4, 0.5) is 0 Å². The molecule has 2 rings (SSSR count). The Hall–Kier alpha value is -1.31. The average Bonchev–Trinajstić information content (AvgIpc) is 2.96. The maximum atomic E-state index is 11.8. The summed E-state index contributed by atoms with van der Waals surface area (Å²) in [5.74, 6) is 0.388. The topological polar surface area (TPSA) is 26.3 Å². The molecule has 0 amide bonds. The minimum atomic E-state index is -0.374. The zero-order valence-corrected chi connectivity index (χ0v) is 10.1. The molecule has 2 atom stereocenters. The highest BCUT2D eigenvalue weighted by atomic mass is 16.6. The molecule has 0 N–H and O–H groups in total. The Morgan fingerprint density at radius 3 is 2.44 bits per heavy atom. The molecule has 0 saturated heterocycles. The highest BCUT2D eigenvalue weighted by molar-refractivity contribution is 5.77. The lowest BCUT2D eigenvalue weighted by atomic mass is 10.1. The van der Waals surface area contributed by atoms with Crippen molar-refractivity contribution < 1.29 is 9.53 Å². The quantitative estimate of drug-likeness (QED) is 0.713. The predicted molar refractivity (Wildman–Crippen MR) is 63.1 cm³/mol. The molecule has 1 saturated carbocycles. The van der Waals surface area contributed by atoms with E-state index >= 15 is 0 Å². The summed E-state index contributed by atoms with van der Waals surface area (Å²) in [7, 11) is 0. The van der Waals surface area contributed by atoms with Crippen LogP contribution >= 0.6 is 0 Å². The minimum absolute atomic E-state index is 0.0543. The van der Waals surface area contributed by atoms with Crippen molar-refractivity contribution in [2.45, 2.75) is 38.7 Å². The fraction of sp³-hybridized carbons (Fsp3) is 0.500. The summed E-state index contributed by atoms with van der Waals surface area (Å²) in [5, 5.41) is 0. The maximum Gasteiger partial charge on any atom is 0.310 e. The first-order valence-electron chi connectivity index (χ1n) is 5.75. The number of hydrogen-bond acceptors (Lipinski definition) is 2. The Morgan fingerprint density at radius 1 is 1.25 bits per heavy atom. The number of carbonyl (C=O) groups excluding carboxylic acids is 1. The first-order chi connectivity index (χ1) is 7.47. The molecule has 0 aliphatic heterocycles. The van der Waals surface area contributed by atoms with Crippen molar-refractivity contribution >= 4 is 5.97 Å². The van der Waals surface area contributed by atoms with Crippen molar-refractivity contribution in [1.82, 2.24) is 0 Å². The number of ether oxygens (including phenoxy) is 1. The molecular weight excluding hydrogens is 200 g/mol. The number of esters is 1. The Labute approximate surface area is 96.6 Å². The third-order valence-electron chi connectivity index (χ3n) is 2.73. The largest absolute Gasteiger partial charge is 0.460 e. The molecule has 1 aromatic rings. The van der Waals surface area contributed by atoms with Gasteiger partial charge in [0, 0.05) is 0 Å². The van der Waals surface area contributed by atoms with E-state index in [1.54, 1.807) is 0 Å². The van der Waals surface area contributed by atoms with Crippen LogP contribution in [0.3, 0.4) is 0 Å². The normalized spacial score (nSPS) is 23.9. The van der Waals surface area contributed by atoms with Crippen molar-refractivity contribution in [3.63, 3.8) is 0 Å². The van der Waals surface area contributed by atoms with Crippen LogP contribution in [-0.4, -0.2) is 11.6 Å². The summed E-state index contributed by atoms with van der Waals surface area (Å²) in [6.45, 7) is 5.72. The van der Waals surface area contributed by atoms with E-state index in [2.05, 4.69) is 12.1 Å². The van der Waals surface area contributed by atoms with Crippen LogP contribution in [0.25, 0.3) is 0 Å². The summed E-state index contributed by atoms with van der Waals surface area (Å²) >= 11 is 0. The molecule has 0 bridgehead atoms. The number of hydrogen-bond donors (Lipinski definition) is 0. The van der Waals surface area contributed by atoms with E-state index in [9.17, 15) is 4.79 Å².